The van der Waals surface area contributed by atoms with Crippen molar-refractivity contribution in [3.63, 3.8) is 0 Å². The second-order valence-electron chi connectivity index (χ2n) is 3.77. The number of nitrogens with zero attached hydrogens (tertiary/aromatic N) is 2. The molecule has 8 nitrogen and oxygen atoms in total. The molecule has 2 unspecified atom stereocenters. The molecule has 0 aliphatic carbocycles. The van der Waals surface area contributed by atoms with E-state index >= 15 is 0 Å². The molecule has 0 bridgehead atoms. The minimum absolute atomic E-state index is 0.0269. The summed E-state index contributed by atoms with van der Waals surface area (Å²) in [5, 5.41) is 17.8. The molecule has 0 fully saturated rings. The van der Waals surface area contributed by atoms with Gasteiger partial charge in [-0.15, -0.1) is 0 Å². The van der Waals surface area contributed by atoms with Crippen molar-refractivity contribution in [2.24, 2.45) is 0 Å². The molecule has 10 heteroatoms. The Morgan fingerprint density at radius 2 is 1.32 bits per heavy atom. The molecule has 0 radical (unpaired) electrons. The zero-order chi connectivity index (χ0) is 14.6. The maximum atomic E-state index is 11.9. The zero-order valence-corrected chi connectivity index (χ0v) is 11.3. The van der Waals surface area contributed by atoms with E-state index < -0.39 is 28.2 Å². The van der Waals surface area contributed by atoms with Crippen molar-refractivity contribution in [1.29, 1.82) is 0 Å². The van der Waals surface area contributed by atoms with Gasteiger partial charge in [-0.25, -0.2) is 23.5 Å². The maximum Gasteiger partial charge on any atom is 0.336 e. The molecule has 2 atom stereocenters. The molecule has 1 heterocycles. The van der Waals surface area contributed by atoms with E-state index in [1.54, 1.807) is 0 Å². The standard InChI is InChI=1S/C9H13Cl2N3O5/c10-5(15)1-3-13-7(17)12-8(18)14(9(13)19)4-2-6(11)16/h5-6,15-16H,1-4H2,(H,12,17,18). The van der Waals surface area contributed by atoms with E-state index in [1.165, 1.54) is 0 Å². The fraction of sp³-hybridized carbons (Fsp3) is 0.667. The molecule has 3 N–H and O–H groups in total. The Hall–Kier alpha value is -1.09. The van der Waals surface area contributed by atoms with Crippen molar-refractivity contribution in [2.45, 2.75) is 37.1 Å². The first-order chi connectivity index (χ1) is 8.82. The predicted molar refractivity (Wildman–Crippen MR) is 68.5 cm³/mol. The second kappa shape index (κ2) is 6.90. The van der Waals surface area contributed by atoms with Gasteiger partial charge in [-0.05, 0) is 0 Å². The quantitative estimate of drug-likeness (QED) is 0.558. The Bertz CT molecular complexity index is 541. The van der Waals surface area contributed by atoms with E-state index in [2.05, 4.69) is 0 Å². The summed E-state index contributed by atoms with van der Waals surface area (Å²) >= 11 is 10.6. The molecule has 0 aliphatic heterocycles. The average molecular weight is 314 g/mol. The SMILES string of the molecule is O=c1[nH]c(=O)n(CCC(O)Cl)c(=O)n1CCC(O)Cl. The summed E-state index contributed by atoms with van der Waals surface area (Å²) in [6, 6.07) is 0. The van der Waals surface area contributed by atoms with Gasteiger partial charge in [0.2, 0.25) is 0 Å². The molecule has 0 spiro atoms. The summed E-state index contributed by atoms with van der Waals surface area (Å²) in [5.74, 6) is 0. The van der Waals surface area contributed by atoms with Crippen molar-refractivity contribution in [2.75, 3.05) is 0 Å². The smallest absolute Gasteiger partial charge is 0.336 e. The lowest BCUT2D eigenvalue weighted by atomic mass is 10.4. The summed E-state index contributed by atoms with van der Waals surface area (Å²) in [7, 11) is 0. The van der Waals surface area contributed by atoms with Crippen molar-refractivity contribution < 1.29 is 10.2 Å². The Kier molecular flexibility index (Phi) is 5.80. The second-order valence-corrected chi connectivity index (χ2v) is 4.78. The highest BCUT2D eigenvalue weighted by Crippen LogP contribution is 1.98. The van der Waals surface area contributed by atoms with E-state index in [9.17, 15) is 14.4 Å². The van der Waals surface area contributed by atoms with E-state index in [-0.39, 0.29) is 25.9 Å². The maximum absolute atomic E-state index is 11.9. The largest absolute Gasteiger partial charge is 0.378 e. The van der Waals surface area contributed by atoms with E-state index in [4.69, 9.17) is 33.4 Å². The van der Waals surface area contributed by atoms with Crippen LogP contribution in [-0.2, 0) is 13.1 Å². The molecule has 1 rings (SSSR count). The van der Waals surface area contributed by atoms with Gasteiger partial charge in [-0.1, -0.05) is 23.2 Å². The number of rotatable bonds is 6. The fourth-order valence-electron chi connectivity index (χ4n) is 1.41. The number of halogens is 2. The number of aliphatic hydroxyl groups is 2. The van der Waals surface area contributed by atoms with Crippen LogP contribution >= 0.6 is 23.2 Å². The van der Waals surface area contributed by atoms with Gasteiger partial charge in [-0.3, -0.25) is 4.98 Å². The normalized spacial score (nSPS) is 14.3. The molecule has 19 heavy (non-hydrogen) atoms. The Balaban J connectivity index is 3.12. The third-order valence-corrected chi connectivity index (χ3v) is 2.78. The third-order valence-electron chi connectivity index (χ3n) is 2.35. The molecule has 1 aromatic heterocycles. The van der Waals surface area contributed by atoms with Gasteiger partial charge in [-0.2, -0.15) is 0 Å². The summed E-state index contributed by atoms with van der Waals surface area (Å²) < 4.78 is 1.49. The van der Waals surface area contributed by atoms with E-state index in [0.29, 0.717) is 0 Å². The molecule has 108 valence electrons. The lowest BCUT2D eigenvalue weighted by molar-refractivity contribution is 0.230. The van der Waals surface area contributed by atoms with Gasteiger partial charge in [0.1, 0.15) is 11.1 Å². The zero-order valence-electron chi connectivity index (χ0n) is 9.75. The van der Waals surface area contributed by atoms with Crippen molar-refractivity contribution >= 4 is 23.2 Å². The molecule has 1 aromatic rings. The van der Waals surface area contributed by atoms with Gasteiger partial charge in [0.25, 0.3) is 0 Å². The summed E-state index contributed by atoms with van der Waals surface area (Å²) in [4.78, 5) is 36.8. The monoisotopic (exact) mass is 313 g/mol. The number of hydrogen-bond donors (Lipinski definition) is 3. The van der Waals surface area contributed by atoms with Gasteiger partial charge in [0.15, 0.2) is 0 Å². The summed E-state index contributed by atoms with van der Waals surface area (Å²) in [5.41, 5.74) is -5.00. The average Bonchev–Trinajstić information content (AvgIpc) is 2.27. The van der Waals surface area contributed by atoms with Crippen LogP contribution in [0.5, 0.6) is 0 Å². The first kappa shape index (κ1) is 16.0. The van der Waals surface area contributed by atoms with Gasteiger partial charge >= 0.3 is 17.1 Å². The Labute approximate surface area is 116 Å². The number of aromatic amines is 1. The van der Waals surface area contributed by atoms with Crippen molar-refractivity contribution in [3.8, 4) is 0 Å². The van der Waals surface area contributed by atoms with E-state index in [1.807, 2.05) is 4.98 Å². The van der Waals surface area contributed by atoms with Gasteiger partial charge < -0.3 is 10.2 Å². The first-order valence-corrected chi connectivity index (χ1v) is 6.28. The number of aromatic nitrogens is 3. The molecule has 0 aromatic carbocycles. The highest BCUT2D eigenvalue weighted by atomic mass is 35.5. The molecular weight excluding hydrogens is 301 g/mol. The van der Waals surface area contributed by atoms with Crippen LogP contribution in [-0.4, -0.2) is 35.5 Å². The highest BCUT2D eigenvalue weighted by Gasteiger charge is 2.11. The minimum Gasteiger partial charge on any atom is -0.378 e. The molecular formula is C9H13Cl2N3O5. The van der Waals surface area contributed by atoms with Gasteiger partial charge in [0, 0.05) is 25.9 Å². The predicted octanol–water partition coefficient (Wildman–Crippen LogP) is -1.41. The number of nitrogens with one attached hydrogen (secondary N) is 1. The summed E-state index contributed by atoms with van der Waals surface area (Å²) in [6.07, 6.45) is -0.0538. The van der Waals surface area contributed by atoms with Crippen LogP contribution in [0.2, 0.25) is 0 Å². The van der Waals surface area contributed by atoms with Crippen LogP contribution < -0.4 is 17.1 Å². The molecule has 0 saturated heterocycles. The van der Waals surface area contributed by atoms with Crippen LogP contribution in [0, 0.1) is 0 Å². The Morgan fingerprint density at radius 1 is 0.947 bits per heavy atom. The fourth-order valence-corrected chi connectivity index (χ4v) is 1.61. The van der Waals surface area contributed by atoms with Crippen LogP contribution in [0.1, 0.15) is 12.8 Å². The lowest BCUT2D eigenvalue weighted by Crippen LogP contribution is -2.49. The number of aliphatic hydroxyl groups excluding tert-OH is 2. The molecule has 0 saturated carbocycles. The van der Waals surface area contributed by atoms with Crippen molar-refractivity contribution in [1.82, 2.24) is 14.1 Å². The first-order valence-electron chi connectivity index (χ1n) is 5.41. The minimum atomic E-state index is -1.20. The highest BCUT2D eigenvalue weighted by molar-refractivity contribution is 6.19. The third kappa shape index (κ3) is 4.50. The number of H-pyrrole nitrogens is 1. The number of hydrogen-bond acceptors (Lipinski definition) is 5. The molecule has 0 aliphatic rings. The van der Waals surface area contributed by atoms with Crippen LogP contribution in [0.3, 0.4) is 0 Å². The van der Waals surface area contributed by atoms with Crippen molar-refractivity contribution in [3.05, 3.63) is 31.5 Å². The van der Waals surface area contributed by atoms with E-state index in [0.717, 1.165) is 9.13 Å². The number of alkyl halides is 2. The Morgan fingerprint density at radius 3 is 1.63 bits per heavy atom. The summed E-state index contributed by atoms with van der Waals surface area (Å²) in [6.45, 7) is -0.273. The van der Waals surface area contributed by atoms with Crippen LogP contribution in [0.15, 0.2) is 14.4 Å². The van der Waals surface area contributed by atoms with Gasteiger partial charge in [0.05, 0.1) is 0 Å². The molecule has 0 amide bonds. The van der Waals surface area contributed by atoms with Crippen LogP contribution in [0.25, 0.3) is 0 Å². The van der Waals surface area contributed by atoms with Crippen LogP contribution in [0.4, 0.5) is 0 Å². The lowest BCUT2D eigenvalue weighted by Gasteiger charge is -2.09. The topological polar surface area (TPSA) is 117 Å².